The van der Waals surface area contributed by atoms with Crippen LogP contribution in [0.25, 0.3) is 0 Å². The second-order valence-electron chi connectivity index (χ2n) is 3.50. The molecule has 3 N–H and O–H groups in total. The van der Waals surface area contributed by atoms with Gasteiger partial charge in [-0.1, -0.05) is 6.92 Å². The minimum absolute atomic E-state index is 0.223. The van der Waals surface area contributed by atoms with Crippen LogP contribution in [-0.2, 0) is 4.79 Å². The van der Waals surface area contributed by atoms with E-state index in [4.69, 9.17) is 5.11 Å². The Hall–Kier alpha value is -1.26. The van der Waals surface area contributed by atoms with Gasteiger partial charge in [0.25, 0.3) is 0 Å². The average Bonchev–Trinajstić information content (AvgIpc) is 2.65. The molecule has 1 aliphatic rings. The largest absolute Gasteiger partial charge is 0.480 e. The van der Waals surface area contributed by atoms with Gasteiger partial charge in [-0.25, -0.2) is 4.79 Å². The molecular weight excluding hydrogens is 172 g/mol. The van der Waals surface area contributed by atoms with Crippen molar-refractivity contribution in [3.05, 3.63) is 0 Å². The van der Waals surface area contributed by atoms with Crippen molar-refractivity contribution in [3.63, 3.8) is 0 Å². The fraction of sp³-hybridized carbons (Fsp3) is 0.750. The molecule has 74 valence electrons. The van der Waals surface area contributed by atoms with Gasteiger partial charge in [-0.05, 0) is 19.3 Å². The van der Waals surface area contributed by atoms with E-state index in [2.05, 4.69) is 10.6 Å². The van der Waals surface area contributed by atoms with E-state index in [1.165, 1.54) is 6.92 Å². The summed E-state index contributed by atoms with van der Waals surface area (Å²) in [6, 6.07) is -1.01. The third kappa shape index (κ3) is 2.93. The number of amides is 2. The number of carbonyl (C=O) groups is 2. The molecule has 1 saturated carbocycles. The Bertz CT molecular complexity index is 229. The molecule has 0 aromatic heterocycles. The lowest BCUT2D eigenvalue weighted by Crippen LogP contribution is -2.45. The molecule has 0 bridgehead atoms. The van der Waals surface area contributed by atoms with E-state index in [0.717, 1.165) is 6.42 Å². The molecule has 13 heavy (non-hydrogen) atoms. The maximum Gasteiger partial charge on any atom is 0.325 e. The summed E-state index contributed by atoms with van der Waals surface area (Å²) in [7, 11) is 0. The predicted octanol–water partition coefficient (Wildman–Crippen LogP) is 0.167. The third-order valence-corrected chi connectivity index (χ3v) is 2.14. The van der Waals surface area contributed by atoms with Crippen LogP contribution in [0.5, 0.6) is 0 Å². The quantitative estimate of drug-likeness (QED) is 0.587. The average molecular weight is 186 g/mol. The Kier molecular flexibility index (Phi) is 2.75. The van der Waals surface area contributed by atoms with Crippen LogP contribution < -0.4 is 10.6 Å². The number of hydrogen-bond donors (Lipinski definition) is 3. The lowest BCUT2D eigenvalue weighted by Gasteiger charge is -2.09. The summed E-state index contributed by atoms with van der Waals surface area (Å²) in [4.78, 5) is 21.4. The first kappa shape index (κ1) is 9.83. The summed E-state index contributed by atoms with van der Waals surface area (Å²) in [6.45, 7) is 3.46. The van der Waals surface area contributed by atoms with E-state index in [-0.39, 0.29) is 6.04 Å². The highest BCUT2D eigenvalue weighted by molar-refractivity contribution is 5.82. The number of carboxylic acid groups (broad SMARTS) is 1. The van der Waals surface area contributed by atoms with E-state index in [0.29, 0.717) is 5.92 Å². The van der Waals surface area contributed by atoms with Gasteiger partial charge in [0.05, 0.1) is 0 Å². The van der Waals surface area contributed by atoms with Gasteiger partial charge in [0.1, 0.15) is 6.04 Å². The summed E-state index contributed by atoms with van der Waals surface area (Å²) >= 11 is 0. The second-order valence-corrected chi connectivity index (χ2v) is 3.50. The van der Waals surface area contributed by atoms with Crippen LogP contribution in [0.4, 0.5) is 4.79 Å². The van der Waals surface area contributed by atoms with Crippen LogP contribution in [0.1, 0.15) is 20.3 Å². The second kappa shape index (κ2) is 3.64. The normalized spacial score (nSPS) is 27.5. The molecule has 1 rings (SSSR count). The van der Waals surface area contributed by atoms with Crippen molar-refractivity contribution >= 4 is 12.0 Å². The van der Waals surface area contributed by atoms with Crippen LogP contribution in [0.15, 0.2) is 0 Å². The lowest BCUT2D eigenvalue weighted by molar-refractivity contribution is -0.138. The van der Waals surface area contributed by atoms with Crippen LogP contribution in [-0.4, -0.2) is 29.2 Å². The highest BCUT2D eigenvalue weighted by atomic mass is 16.4. The Morgan fingerprint density at radius 3 is 2.46 bits per heavy atom. The molecule has 5 nitrogen and oxygen atoms in total. The van der Waals surface area contributed by atoms with Crippen molar-refractivity contribution in [1.29, 1.82) is 0 Å². The maximum atomic E-state index is 11.1. The van der Waals surface area contributed by atoms with Crippen LogP contribution in [0.2, 0.25) is 0 Å². The first-order valence-electron chi connectivity index (χ1n) is 4.30. The zero-order valence-electron chi connectivity index (χ0n) is 7.70. The van der Waals surface area contributed by atoms with E-state index in [1.54, 1.807) is 0 Å². The molecule has 3 atom stereocenters. The molecule has 0 saturated heterocycles. The van der Waals surface area contributed by atoms with Crippen LogP contribution in [0, 0.1) is 5.92 Å². The maximum absolute atomic E-state index is 11.1. The van der Waals surface area contributed by atoms with Crippen molar-refractivity contribution in [3.8, 4) is 0 Å². The fourth-order valence-corrected chi connectivity index (χ4v) is 0.992. The smallest absolute Gasteiger partial charge is 0.325 e. The molecule has 0 aromatic rings. The number of urea groups is 1. The van der Waals surface area contributed by atoms with Gasteiger partial charge >= 0.3 is 12.0 Å². The van der Waals surface area contributed by atoms with Gasteiger partial charge in [-0.15, -0.1) is 0 Å². The van der Waals surface area contributed by atoms with Crippen LogP contribution in [0.3, 0.4) is 0 Å². The third-order valence-electron chi connectivity index (χ3n) is 2.14. The monoisotopic (exact) mass is 186 g/mol. The molecular formula is C8H14N2O3. The Morgan fingerprint density at radius 2 is 2.08 bits per heavy atom. The van der Waals surface area contributed by atoms with Gasteiger partial charge in [-0.3, -0.25) is 4.79 Å². The van der Waals surface area contributed by atoms with Crippen molar-refractivity contribution in [2.75, 3.05) is 0 Å². The van der Waals surface area contributed by atoms with Crippen molar-refractivity contribution in [2.45, 2.75) is 32.4 Å². The van der Waals surface area contributed by atoms with Gasteiger partial charge in [0.2, 0.25) is 0 Å². The Balaban J connectivity index is 2.21. The summed E-state index contributed by atoms with van der Waals surface area (Å²) in [5.74, 6) is -0.509. The number of rotatable bonds is 3. The van der Waals surface area contributed by atoms with E-state index >= 15 is 0 Å². The van der Waals surface area contributed by atoms with Crippen molar-refractivity contribution < 1.29 is 14.7 Å². The Morgan fingerprint density at radius 1 is 1.54 bits per heavy atom. The van der Waals surface area contributed by atoms with Crippen molar-refractivity contribution in [1.82, 2.24) is 10.6 Å². The van der Waals surface area contributed by atoms with Gasteiger partial charge in [0, 0.05) is 6.04 Å². The first-order chi connectivity index (χ1) is 6.00. The van der Waals surface area contributed by atoms with E-state index < -0.39 is 18.0 Å². The predicted molar refractivity (Wildman–Crippen MR) is 46.3 cm³/mol. The minimum atomic E-state index is -1.03. The fourth-order valence-electron chi connectivity index (χ4n) is 0.992. The SMILES string of the molecule is CC1CC1NC(=O)N[C@H](C)C(=O)O. The molecule has 0 radical (unpaired) electrons. The molecule has 2 unspecified atom stereocenters. The van der Waals surface area contributed by atoms with Gasteiger partial charge in [-0.2, -0.15) is 0 Å². The minimum Gasteiger partial charge on any atom is -0.480 e. The highest BCUT2D eigenvalue weighted by Gasteiger charge is 2.34. The number of hydrogen-bond acceptors (Lipinski definition) is 2. The van der Waals surface area contributed by atoms with Gasteiger partial charge < -0.3 is 15.7 Å². The zero-order valence-corrected chi connectivity index (χ0v) is 7.70. The standard InChI is InChI=1S/C8H14N2O3/c1-4-3-6(4)10-8(13)9-5(2)7(11)12/h4-6H,3H2,1-2H3,(H,11,12)(H2,9,10,13)/t4?,5-,6?/m1/s1. The molecule has 0 spiro atoms. The molecule has 0 aliphatic heterocycles. The highest BCUT2D eigenvalue weighted by Crippen LogP contribution is 2.28. The van der Waals surface area contributed by atoms with E-state index in [9.17, 15) is 9.59 Å². The topological polar surface area (TPSA) is 78.4 Å². The van der Waals surface area contributed by atoms with Gasteiger partial charge in [0.15, 0.2) is 0 Å². The van der Waals surface area contributed by atoms with Crippen LogP contribution >= 0.6 is 0 Å². The number of carbonyl (C=O) groups excluding carboxylic acids is 1. The summed E-state index contributed by atoms with van der Waals surface area (Å²) in [5.41, 5.74) is 0. The molecule has 0 heterocycles. The van der Waals surface area contributed by atoms with E-state index in [1.807, 2.05) is 6.92 Å². The molecule has 5 heteroatoms. The molecule has 1 fully saturated rings. The lowest BCUT2D eigenvalue weighted by atomic mass is 10.3. The summed E-state index contributed by atoms with van der Waals surface area (Å²) in [5, 5.41) is 13.5. The number of nitrogens with one attached hydrogen (secondary N) is 2. The summed E-state index contributed by atoms with van der Waals surface area (Å²) < 4.78 is 0. The number of aliphatic carboxylic acids is 1. The zero-order chi connectivity index (χ0) is 10.0. The molecule has 0 aromatic carbocycles. The molecule has 1 aliphatic carbocycles. The number of carboxylic acids is 1. The molecule has 2 amide bonds. The first-order valence-corrected chi connectivity index (χ1v) is 4.30. The Labute approximate surface area is 76.5 Å². The van der Waals surface area contributed by atoms with Crippen molar-refractivity contribution in [2.24, 2.45) is 5.92 Å². The summed E-state index contributed by atoms with van der Waals surface area (Å²) in [6.07, 6.45) is 0.981.